The minimum atomic E-state index is -0.0661. The maximum atomic E-state index is 12.4. The van der Waals surface area contributed by atoms with Crippen LogP contribution in [0.2, 0.25) is 0 Å². The van der Waals surface area contributed by atoms with Gasteiger partial charge in [0.05, 0.1) is 12.8 Å². The molecule has 1 aliphatic rings. The van der Waals surface area contributed by atoms with Gasteiger partial charge in [-0.05, 0) is 35.4 Å². The van der Waals surface area contributed by atoms with Crippen molar-refractivity contribution in [3.05, 3.63) is 59.8 Å². The summed E-state index contributed by atoms with van der Waals surface area (Å²) in [5.74, 6) is -0.0761. The first kappa shape index (κ1) is 14.5. The molecule has 0 radical (unpaired) electrons. The van der Waals surface area contributed by atoms with Crippen LogP contribution in [0.1, 0.15) is 11.1 Å². The normalized spacial score (nSPS) is 13.0. The fourth-order valence-electron chi connectivity index (χ4n) is 3.25. The summed E-state index contributed by atoms with van der Waals surface area (Å²) in [6.45, 7) is 0. The van der Waals surface area contributed by atoms with Crippen molar-refractivity contribution in [2.24, 2.45) is 7.05 Å². The minimum absolute atomic E-state index is 0.00997. The Morgan fingerprint density at radius 2 is 2.08 bits per heavy atom. The zero-order valence-electron chi connectivity index (χ0n) is 13.3. The lowest BCUT2D eigenvalue weighted by atomic mass is 10.1. The van der Waals surface area contributed by atoms with Gasteiger partial charge in [-0.1, -0.05) is 18.2 Å². The number of nitrogens with one attached hydrogen (secondary N) is 2. The SMILES string of the molecule is Cn1cc(CC(=O)Nc2ccc3c(c2)CC(=O)N3)c2ccccc21. The summed E-state index contributed by atoms with van der Waals surface area (Å²) < 4.78 is 2.03. The Hall–Kier alpha value is -3.08. The number of benzene rings is 2. The molecule has 1 aliphatic heterocycles. The van der Waals surface area contributed by atoms with E-state index < -0.39 is 0 Å². The lowest BCUT2D eigenvalue weighted by Crippen LogP contribution is -2.14. The van der Waals surface area contributed by atoms with Crippen LogP contribution in [0.4, 0.5) is 11.4 Å². The Morgan fingerprint density at radius 3 is 2.96 bits per heavy atom. The number of carbonyl (C=O) groups excluding carboxylic acids is 2. The van der Waals surface area contributed by atoms with E-state index in [9.17, 15) is 9.59 Å². The highest BCUT2D eigenvalue weighted by molar-refractivity contribution is 6.01. The predicted molar refractivity (Wildman–Crippen MR) is 94.0 cm³/mol. The van der Waals surface area contributed by atoms with E-state index in [4.69, 9.17) is 0 Å². The van der Waals surface area contributed by atoms with Crippen LogP contribution in [0.15, 0.2) is 48.7 Å². The van der Waals surface area contributed by atoms with Crippen LogP contribution in [0.3, 0.4) is 0 Å². The molecule has 0 saturated heterocycles. The summed E-state index contributed by atoms with van der Waals surface area (Å²) in [5.41, 5.74) is 4.58. The van der Waals surface area contributed by atoms with Gasteiger partial charge in [-0.2, -0.15) is 0 Å². The standard InChI is InChI=1S/C19H17N3O2/c1-22-11-13(15-4-2-3-5-17(15)22)10-18(23)20-14-6-7-16-12(8-14)9-19(24)21-16/h2-8,11H,9-10H2,1H3,(H,20,23)(H,21,24). The third kappa shape index (κ3) is 2.54. The van der Waals surface area contributed by atoms with E-state index in [1.165, 1.54) is 0 Å². The fraction of sp³-hybridized carbons (Fsp3) is 0.158. The van der Waals surface area contributed by atoms with Crippen molar-refractivity contribution in [2.75, 3.05) is 10.6 Å². The van der Waals surface area contributed by atoms with Crippen LogP contribution >= 0.6 is 0 Å². The van der Waals surface area contributed by atoms with Crippen molar-refractivity contribution in [2.45, 2.75) is 12.8 Å². The molecule has 2 aromatic carbocycles. The second-order valence-electron chi connectivity index (χ2n) is 6.10. The maximum Gasteiger partial charge on any atom is 0.228 e. The Balaban J connectivity index is 1.53. The summed E-state index contributed by atoms with van der Waals surface area (Å²) in [6.07, 6.45) is 2.67. The van der Waals surface area contributed by atoms with Gasteiger partial charge in [-0.3, -0.25) is 9.59 Å². The number of aromatic nitrogens is 1. The third-order valence-corrected chi connectivity index (χ3v) is 4.34. The third-order valence-electron chi connectivity index (χ3n) is 4.34. The summed E-state index contributed by atoms with van der Waals surface area (Å²) >= 11 is 0. The second-order valence-corrected chi connectivity index (χ2v) is 6.10. The van der Waals surface area contributed by atoms with Gasteiger partial charge in [-0.15, -0.1) is 0 Å². The number of nitrogens with zero attached hydrogens (tertiary/aromatic N) is 1. The molecule has 4 rings (SSSR count). The number of amides is 2. The van der Waals surface area contributed by atoms with Gasteiger partial charge in [-0.25, -0.2) is 0 Å². The van der Waals surface area contributed by atoms with E-state index in [1.54, 1.807) is 0 Å². The zero-order valence-corrected chi connectivity index (χ0v) is 13.3. The number of aryl methyl sites for hydroxylation is 1. The molecule has 0 spiro atoms. The Kier molecular flexibility index (Phi) is 3.34. The molecule has 0 unspecified atom stereocenters. The summed E-state index contributed by atoms with van der Waals surface area (Å²) in [5, 5.41) is 6.80. The monoisotopic (exact) mass is 319 g/mol. The van der Waals surface area contributed by atoms with E-state index in [1.807, 2.05) is 60.3 Å². The molecular weight excluding hydrogens is 302 g/mol. The van der Waals surface area contributed by atoms with Gasteiger partial charge in [0.25, 0.3) is 0 Å². The molecule has 5 heteroatoms. The molecule has 120 valence electrons. The number of hydrogen-bond donors (Lipinski definition) is 2. The lowest BCUT2D eigenvalue weighted by Gasteiger charge is -2.07. The van der Waals surface area contributed by atoms with Crippen LogP contribution in [0, 0.1) is 0 Å². The number of anilines is 2. The molecule has 1 aromatic heterocycles. The van der Waals surface area contributed by atoms with Crippen molar-refractivity contribution < 1.29 is 9.59 Å². The van der Waals surface area contributed by atoms with E-state index in [2.05, 4.69) is 10.6 Å². The van der Waals surface area contributed by atoms with Gasteiger partial charge in [0, 0.05) is 35.5 Å². The van der Waals surface area contributed by atoms with Crippen LogP contribution in [0.5, 0.6) is 0 Å². The zero-order chi connectivity index (χ0) is 16.7. The molecule has 3 aromatic rings. The van der Waals surface area contributed by atoms with E-state index in [0.29, 0.717) is 12.8 Å². The molecule has 24 heavy (non-hydrogen) atoms. The molecule has 0 atom stereocenters. The summed E-state index contributed by atoms with van der Waals surface area (Å²) in [4.78, 5) is 23.8. The second kappa shape index (κ2) is 5.53. The smallest absolute Gasteiger partial charge is 0.228 e. The van der Waals surface area contributed by atoms with Crippen molar-refractivity contribution in [3.8, 4) is 0 Å². The molecule has 2 amide bonds. The molecule has 0 aliphatic carbocycles. The summed E-state index contributed by atoms with van der Waals surface area (Å²) in [7, 11) is 1.98. The van der Waals surface area contributed by atoms with E-state index in [0.717, 1.165) is 33.4 Å². The van der Waals surface area contributed by atoms with Crippen LogP contribution in [-0.2, 0) is 29.5 Å². The highest BCUT2D eigenvalue weighted by atomic mass is 16.2. The van der Waals surface area contributed by atoms with Gasteiger partial charge < -0.3 is 15.2 Å². The highest BCUT2D eigenvalue weighted by Gasteiger charge is 2.18. The maximum absolute atomic E-state index is 12.4. The van der Waals surface area contributed by atoms with Gasteiger partial charge in [0.15, 0.2) is 0 Å². The highest BCUT2D eigenvalue weighted by Crippen LogP contribution is 2.26. The van der Waals surface area contributed by atoms with Gasteiger partial charge >= 0.3 is 0 Å². The number of fused-ring (bicyclic) bond motifs is 2. The lowest BCUT2D eigenvalue weighted by molar-refractivity contribution is -0.116. The van der Waals surface area contributed by atoms with Crippen LogP contribution in [-0.4, -0.2) is 16.4 Å². The van der Waals surface area contributed by atoms with Crippen molar-refractivity contribution in [3.63, 3.8) is 0 Å². The summed E-state index contributed by atoms with van der Waals surface area (Å²) in [6, 6.07) is 13.5. The number of para-hydroxylation sites is 1. The first-order valence-corrected chi connectivity index (χ1v) is 7.86. The van der Waals surface area contributed by atoms with E-state index in [-0.39, 0.29) is 11.8 Å². The topological polar surface area (TPSA) is 63.1 Å². The first-order chi connectivity index (χ1) is 11.6. The average Bonchev–Trinajstić information content (AvgIpc) is 3.07. The Bertz CT molecular complexity index is 972. The quantitative estimate of drug-likeness (QED) is 0.780. The molecule has 2 heterocycles. The first-order valence-electron chi connectivity index (χ1n) is 7.86. The number of hydrogen-bond acceptors (Lipinski definition) is 2. The molecule has 0 fully saturated rings. The van der Waals surface area contributed by atoms with Crippen LogP contribution in [0.25, 0.3) is 10.9 Å². The Labute approximate surface area is 139 Å². The Morgan fingerprint density at radius 1 is 1.25 bits per heavy atom. The predicted octanol–water partition coefficient (Wildman–Crippen LogP) is 2.85. The van der Waals surface area contributed by atoms with Crippen molar-refractivity contribution >= 4 is 34.1 Å². The molecule has 0 bridgehead atoms. The van der Waals surface area contributed by atoms with Gasteiger partial charge in [0.1, 0.15) is 0 Å². The van der Waals surface area contributed by atoms with Gasteiger partial charge in [0.2, 0.25) is 11.8 Å². The van der Waals surface area contributed by atoms with Crippen molar-refractivity contribution in [1.29, 1.82) is 0 Å². The molecule has 0 saturated carbocycles. The molecule has 2 N–H and O–H groups in total. The van der Waals surface area contributed by atoms with Crippen LogP contribution < -0.4 is 10.6 Å². The van der Waals surface area contributed by atoms with Crippen molar-refractivity contribution in [1.82, 2.24) is 4.57 Å². The van der Waals surface area contributed by atoms with E-state index >= 15 is 0 Å². The number of carbonyl (C=O) groups is 2. The molecule has 5 nitrogen and oxygen atoms in total. The fourth-order valence-corrected chi connectivity index (χ4v) is 3.25. The average molecular weight is 319 g/mol. The molecular formula is C19H17N3O2. The number of rotatable bonds is 3. The minimum Gasteiger partial charge on any atom is -0.350 e. The largest absolute Gasteiger partial charge is 0.350 e.